The summed E-state index contributed by atoms with van der Waals surface area (Å²) in [5, 5.41) is 10.9. The summed E-state index contributed by atoms with van der Waals surface area (Å²) in [7, 11) is 0. The summed E-state index contributed by atoms with van der Waals surface area (Å²) in [6.07, 6.45) is 2.52. The molecule has 0 aromatic heterocycles. The fourth-order valence-electron chi connectivity index (χ4n) is 3.70. The first-order valence-electron chi connectivity index (χ1n) is 9.89. The van der Waals surface area contributed by atoms with Gasteiger partial charge in [0.05, 0.1) is 12.1 Å². The first-order valence-corrected chi connectivity index (χ1v) is 9.89. The number of carbonyl (C=O) groups is 4. The summed E-state index contributed by atoms with van der Waals surface area (Å²) >= 11 is 0. The van der Waals surface area contributed by atoms with Crippen LogP contribution in [0.4, 0.5) is 11.4 Å². The molecule has 0 radical (unpaired) electrons. The van der Waals surface area contributed by atoms with Crippen LogP contribution in [-0.2, 0) is 19.2 Å². The largest absolute Gasteiger partial charge is 0.349 e. The quantitative estimate of drug-likeness (QED) is 0.582. The van der Waals surface area contributed by atoms with Crippen molar-refractivity contribution in [3.8, 4) is 0 Å². The third kappa shape index (κ3) is 4.48. The van der Waals surface area contributed by atoms with Crippen molar-refractivity contribution in [2.24, 2.45) is 0 Å². The lowest BCUT2D eigenvalue weighted by Crippen LogP contribution is -2.29. The molecule has 2 heterocycles. The van der Waals surface area contributed by atoms with Crippen LogP contribution < -0.4 is 21.3 Å². The van der Waals surface area contributed by atoms with Gasteiger partial charge in [0.2, 0.25) is 11.8 Å². The Morgan fingerprint density at radius 3 is 1.33 bits per heavy atom. The molecule has 0 bridgehead atoms. The van der Waals surface area contributed by atoms with Crippen molar-refractivity contribution in [3.63, 3.8) is 0 Å². The molecule has 8 nitrogen and oxygen atoms in total. The molecule has 2 atom stereocenters. The molecule has 2 aliphatic heterocycles. The summed E-state index contributed by atoms with van der Waals surface area (Å²) < 4.78 is 0. The van der Waals surface area contributed by atoms with Crippen molar-refractivity contribution < 1.29 is 19.2 Å². The van der Waals surface area contributed by atoms with Gasteiger partial charge in [0, 0.05) is 24.2 Å². The van der Waals surface area contributed by atoms with Crippen LogP contribution in [0.15, 0.2) is 48.5 Å². The fraction of sp³-hybridized carbons (Fsp3) is 0.273. The van der Waals surface area contributed by atoms with Crippen molar-refractivity contribution in [1.82, 2.24) is 10.6 Å². The number of amides is 4. The molecule has 4 N–H and O–H groups in total. The first-order chi connectivity index (χ1) is 14.5. The van der Waals surface area contributed by atoms with E-state index in [9.17, 15) is 19.2 Å². The zero-order chi connectivity index (χ0) is 21.1. The predicted octanol–water partition coefficient (Wildman–Crippen LogP) is 2.17. The molecule has 2 aromatic rings. The molecule has 30 heavy (non-hydrogen) atoms. The van der Waals surface area contributed by atoms with Crippen molar-refractivity contribution >= 4 is 35.0 Å². The molecule has 4 amide bonds. The molecule has 2 aromatic carbocycles. The van der Waals surface area contributed by atoms with E-state index in [-0.39, 0.29) is 23.9 Å². The van der Waals surface area contributed by atoms with Gasteiger partial charge >= 0.3 is 11.8 Å². The molecule has 2 fully saturated rings. The predicted molar refractivity (Wildman–Crippen MR) is 110 cm³/mol. The van der Waals surface area contributed by atoms with E-state index < -0.39 is 11.8 Å². The Balaban J connectivity index is 1.31. The van der Waals surface area contributed by atoms with Gasteiger partial charge in [-0.2, -0.15) is 0 Å². The van der Waals surface area contributed by atoms with E-state index in [2.05, 4.69) is 21.3 Å². The minimum atomic E-state index is -0.774. The second-order valence-electron chi connectivity index (χ2n) is 7.47. The van der Waals surface area contributed by atoms with Gasteiger partial charge in [-0.3, -0.25) is 19.2 Å². The van der Waals surface area contributed by atoms with Crippen LogP contribution in [0.1, 0.15) is 48.9 Å². The topological polar surface area (TPSA) is 116 Å². The highest BCUT2D eigenvalue weighted by molar-refractivity contribution is 6.43. The summed E-state index contributed by atoms with van der Waals surface area (Å²) in [4.78, 5) is 47.0. The van der Waals surface area contributed by atoms with E-state index in [4.69, 9.17) is 0 Å². The minimum Gasteiger partial charge on any atom is -0.349 e. The lowest BCUT2D eigenvalue weighted by molar-refractivity contribution is -0.132. The number of nitrogens with one attached hydrogen (secondary N) is 4. The molecule has 2 aliphatic rings. The Morgan fingerprint density at radius 2 is 1.03 bits per heavy atom. The molecule has 4 rings (SSSR count). The number of hydrogen-bond donors (Lipinski definition) is 4. The van der Waals surface area contributed by atoms with E-state index in [0.717, 1.165) is 24.0 Å². The minimum absolute atomic E-state index is 0.00826. The van der Waals surface area contributed by atoms with Crippen LogP contribution in [0.3, 0.4) is 0 Å². The summed E-state index contributed by atoms with van der Waals surface area (Å²) in [5.41, 5.74) is 2.91. The van der Waals surface area contributed by atoms with Crippen molar-refractivity contribution in [1.29, 1.82) is 0 Å². The van der Waals surface area contributed by atoms with Gasteiger partial charge in [-0.15, -0.1) is 0 Å². The normalized spacial score (nSPS) is 20.4. The highest BCUT2D eigenvalue weighted by atomic mass is 16.2. The van der Waals surface area contributed by atoms with Gasteiger partial charge in [0.15, 0.2) is 0 Å². The molecule has 154 valence electrons. The van der Waals surface area contributed by atoms with Crippen LogP contribution >= 0.6 is 0 Å². The zero-order valence-electron chi connectivity index (χ0n) is 16.2. The van der Waals surface area contributed by atoms with Crippen LogP contribution in [-0.4, -0.2) is 23.6 Å². The Labute approximate surface area is 173 Å². The number of anilines is 2. The van der Waals surface area contributed by atoms with Crippen LogP contribution in [0.2, 0.25) is 0 Å². The van der Waals surface area contributed by atoms with E-state index in [0.29, 0.717) is 24.2 Å². The maximum atomic E-state index is 12.2. The van der Waals surface area contributed by atoms with Crippen molar-refractivity contribution in [3.05, 3.63) is 59.7 Å². The van der Waals surface area contributed by atoms with Crippen molar-refractivity contribution in [2.75, 3.05) is 10.6 Å². The van der Waals surface area contributed by atoms with Gasteiger partial charge in [-0.25, -0.2) is 0 Å². The van der Waals surface area contributed by atoms with Crippen molar-refractivity contribution in [2.45, 2.75) is 37.8 Å². The summed E-state index contributed by atoms with van der Waals surface area (Å²) in [6, 6.07) is 14.1. The molecule has 2 saturated heterocycles. The van der Waals surface area contributed by atoms with E-state index in [1.54, 1.807) is 24.3 Å². The Bertz CT molecular complexity index is 904. The molecular weight excluding hydrogens is 384 g/mol. The fourth-order valence-corrected chi connectivity index (χ4v) is 3.70. The number of rotatable bonds is 4. The average Bonchev–Trinajstić information content (AvgIpc) is 3.37. The molecule has 0 aliphatic carbocycles. The van der Waals surface area contributed by atoms with Gasteiger partial charge in [0.25, 0.3) is 0 Å². The van der Waals surface area contributed by atoms with Crippen LogP contribution in [0, 0.1) is 0 Å². The molecule has 8 heteroatoms. The highest BCUT2D eigenvalue weighted by Crippen LogP contribution is 2.26. The smallest absolute Gasteiger partial charge is 0.314 e. The molecule has 0 saturated carbocycles. The maximum Gasteiger partial charge on any atom is 0.314 e. The second kappa shape index (κ2) is 8.36. The van der Waals surface area contributed by atoms with Crippen LogP contribution in [0.5, 0.6) is 0 Å². The van der Waals surface area contributed by atoms with Gasteiger partial charge in [-0.1, -0.05) is 24.3 Å². The van der Waals surface area contributed by atoms with Gasteiger partial charge in [0.1, 0.15) is 0 Å². The Kier molecular flexibility index (Phi) is 5.47. The monoisotopic (exact) mass is 406 g/mol. The summed E-state index contributed by atoms with van der Waals surface area (Å²) in [5.74, 6) is -1.47. The standard InChI is InChI=1S/C22H22N4O4/c27-19-11-9-17(25-19)13-1-5-15(6-2-13)23-21(29)22(30)24-16-7-3-14(4-8-16)18-10-12-20(28)26-18/h1-8,17-18H,9-12H2,(H,23,29)(H,24,30)(H,25,27)(H,26,28). The number of benzene rings is 2. The third-order valence-electron chi connectivity index (χ3n) is 5.34. The molecular formula is C22H22N4O4. The number of hydrogen-bond acceptors (Lipinski definition) is 4. The summed E-state index contributed by atoms with van der Waals surface area (Å²) in [6.45, 7) is 0. The highest BCUT2D eigenvalue weighted by Gasteiger charge is 2.23. The number of carbonyl (C=O) groups excluding carboxylic acids is 4. The lowest BCUT2D eigenvalue weighted by atomic mass is 10.1. The zero-order valence-corrected chi connectivity index (χ0v) is 16.2. The SMILES string of the molecule is O=C1CCC(c2ccc(NC(=O)C(=O)Nc3ccc(C4CCC(=O)N4)cc3)cc2)N1. The van der Waals surface area contributed by atoms with E-state index in [1.165, 1.54) is 0 Å². The average molecular weight is 406 g/mol. The van der Waals surface area contributed by atoms with E-state index >= 15 is 0 Å². The van der Waals surface area contributed by atoms with Gasteiger partial charge in [-0.05, 0) is 48.2 Å². The lowest BCUT2D eigenvalue weighted by Gasteiger charge is -2.12. The first kappa shape index (κ1) is 19.6. The Hall–Kier alpha value is -3.68. The maximum absolute atomic E-state index is 12.2. The van der Waals surface area contributed by atoms with Crippen LogP contribution in [0.25, 0.3) is 0 Å². The van der Waals surface area contributed by atoms with E-state index in [1.807, 2.05) is 24.3 Å². The van der Waals surface area contributed by atoms with Gasteiger partial charge < -0.3 is 21.3 Å². The molecule has 2 unspecified atom stereocenters. The molecule has 0 spiro atoms. The third-order valence-corrected chi connectivity index (χ3v) is 5.34. The second-order valence-corrected chi connectivity index (χ2v) is 7.47. The Morgan fingerprint density at radius 1 is 0.667 bits per heavy atom.